The molecule has 3 nitrogen and oxygen atoms in total. The van der Waals surface area contributed by atoms with Gasteiger partial charge in [0.15, 0.2) is 5.16 Å². The van der Waals surface area contributed by atoms with Crippen LogP contribution in [0.2, 0.25) is 0 Å². The second-order valence-electron chi connectivity index (χ2n) is 3.09. The Balaban J connectivity index is 2.20. The first-order valence-electron chi connectivity index (χ1n) is 4.73. The minimum Gasteiger partial charge on any atom is -0.325 e. The fourth-order valence-corrected chi connectivity index (χ4v) is 1.98. The van der Waals surface area contributed by atoms with E-state index in [4.69, 9.17) is 5.73 Å². The predicted molar refractivity (Wildman–Crippen MR) is 60.4 cm³/mol. The summed E-state index contributed by atoms with van der Waals surface area (Å²) in [5, 5.41) is 0.577. The Bertz CT molecular complexity index is 490. The molecule has 0 amide bonds. The van der Waals surface area contributed by atoms with E-state index in [1.165, 1.54) is 23.9 Å². The van der Waals surface area contributed by atoms with Crippen molar-refractivity contribution in [1.82, 2.24) is 9.97 Å². The minimum atomic E-state index is -0.264. The Kier molecular flexibility index (Phi) is 3.48. The van der Waals surface area contributed by atoms with Gasteiger partial charge in [0.05, 0.1) is 5.69 Å². The second-order valence-corrected chi connectivity index (χ2v) is 4.13. The molecule has 0 aliphatic heterocycles. The SMILES string of the molecule is NCc1ccnc(Sc2cccc(F)c2)n1. The van der Waals surface area contributed by atoms with E-state index in [0.29, 0.717) is 11.7 Å². The van der Waals surface area contributed by atoms with E-state index in [2.05, 4.69) is 9.97 Å². The Labute approximate surface area is 96.9 Å². The zero-order valence-electron chi connectivity index (χ0n) is 8.43. The lowest BCUT2D eigenvalue weighted by Gasteiger charge is -2.01. The zero-order chi connectivity index (χ0) is 11.4. The van der Waals surface area contributed by atoms with Crippen molar-refractivity contribution in [2.45, 2.75) is 16.6 Å². The van der Waals surface area contributed by atoms with E-state index in [-0.39, 0.29) is 5.82 Å². The molecule has 0 radical (unpaired) electrons. The molecule has 0 bridgehead atoms. The lowest BCUT2D eigenvalue weighted by atomic mass is 10.4. The highest BCUT2D eigenvalue weighted by Gasteiger charge is 2.02. The van der Waals surface area contributed by atoms with Gasteiger partial charge in [0.25, 0.3) is 0 Å². The van der Waals surface area contributed by atoms with E-state index >= 15 is 0 Å². The number of nitrogens with zero attached hydrogens (tertiary/aromatic N) is 2. The van der Waals surface area contributed by atoms with Crippen LogP contribution < -0.4 is 5.73 Å². The van der Waals surface area contributed by atoms with Crippen LogP contribution in [0.1, 0.15) is 5.69 Å². The van der Waals surface area contributed by atoms with Crippen LogP contribution in [0.15, 0.2) is 46.6 Å². The molecule has 0 spiro atoms. The van der Waals surface area contributed by atoms with Gasteiger partial charge in [-0.3, -0.25) is 0 Å². The summed E-state index contributed by atoms with van der Waals surface area (Å²) in [5.41, 5.74) is 6.25. The van der Waals surface area contributed by atoms with Crippen molar-refractivity contribution in [2.75, 3.05) is 0 Å². The summed E-state index contributed by atoms with van der Waals surface area (Å²) >= 11 is 1.31. The van der Waals surface area contributed by atoms with E-state index in [1.54, 1.807) is 18.3 Å². The molecule has 82 valence electrons. The minimum absolute atomic E-state index is 0.264. The fourth-order valence-electron chi connectivity index (χ4n) is 1.17. The van der Waals surface area contributed by atoms with Crippen LogP contribution in [0.4, 0.5) is 4.39 Å². The van der Waals surface area contributed by atoms with Crippen LogP contribution >= 0.6 is 11.8 Å². The van der Waals surface area contributed by atoms with Crippen LogP contribution in [0.5, 0.6) is 0 Å². The van der Waals surface area contributed by atoms with Crippen molar-refractivity contribution < 1.29 is 4.39 Å². The van der Waals surface area contributed by atoms with Crippen LogP contribution in [0.3, 0.4) is 0 Å². The first-order valence-corrected chi connectivity index (χ1v) is 5.55. The van der Waals surface area contributed by atoms with Crippen molar-refractivity contribution in [3.63, 3.8) is 0 Å². The largest absolute Gasteiger partial charge is 0.325 e. The molecule has 0 saturated heterocycles. The monoisotopic (exact) mass is 235 g/mol. The first kappa shape index (κ1) is 11.0. The van der Waals surface area contributed by atoms with E-state index in [0.717, 1.165) is 10.6 Å². The molecule has 0 atom stereocenters. The van der Waals surface area contributed by atoms with Crippen LogP contribution in [0, 0.1) is 5.82 Å². The highest BCUT2D eigenvalue weighted by Crippen LogP contribution is 2.24. The lowest BCUT2D eigenvalue weighted by molar-refractivity contribution is 0.624. The number of rotatable bonds is 3. The van der Waals surface area contributed by atoms with E-state index in [9.17, 15) is 4.39 Å². The molecular formula is C11H10FN3S. The average Bonchev–Trinajstić information content (AvgIpc) is 2.29. The van der Waals surface area contributed by atoms with Crippen LogP contribution in [0.25, 0.3) is 0 Å². The number of hydrogen-bond acceptors (Lipinski definition) is 4. The number of halogens is 1. The third kappa shape index (κ3) is 2.77. The van der Waals surface area contributed by atoms with E-state index < -0.39 is 0 Å². The highest BCUT2D eigenvalue weighted by molar-refractivity contribution is 7.99. The van der Waals surface area contributed by atoms with Crippen molar-refractivity contribution in [1.29, 1.82) is 0 Å². The maximum Gasteiger partial charge on any atom is 0.192 e. The molecular weight excluding hydrogens is 225 g/mol. The summed E-state index contributed by atoms with van der Waals surface area (Å²) in [5.74, 6) is -0.264. The maximum atomic E-state index is 12.9. The molecule has 16 heavy (non-hydrogen) atoms. The van der Waals surface area contributed by atoms with Gasteiger partial charge in [0, 0.05) is 17.6 Å². The van der Waals surface area contributed by atoms with Gasteiger partial charge in [0.2, 0.25) is 0 Å². The summed E-state index contributed by atoms with van der Waals surface area (Å²) < 4.78 is 12.9. The van der Waals surface area contributed by atoms with Gasteiger partial charge >= 0.3 is 0 Å². The first-order chi connectivity index (χ1) is 7.78. The zero-order valence-corrected chi connectivity index (χ0v) is 9.25. The Morgan fingerprint density at radius 3 is 2.94 bits per heavy atom. The van der Waals surface area contributed by atoms with Crippen molar-refractivity contribution in [3.05, 3.63) is 48.0 Å². The molecule has 0 aliphatic rings. The number of hydrogen-bond donors (Lipinski definition) is 1. The van der Waals surface area contributed by atoms with Crippen molar-refractivity contribution in [2.24, 2.45) is 5.73 Å². The molecule has 0 saturated carbocycles. The van der Waals surface area contributed by atoms with Gasteiger partial charge in [-0.2, -0.15) is 0 Å². The molecule has 1 heterocycles. The van der Waals surface area contributed by atoms with E-state index in [1.807, 2.05) is 6.07 Å². The molecule has 2 rings (SSSR count). The Morgan fingerprint density at radius 2 is 2.19 bits per heavy atom. The molecule has 0 fully saturated rings. The number of aromatic nitrogens is 2. The number of nitrogens with two attached hydrogens (primary N) is 1. The maximum absolute atomic E-state index is 12.9. The molecule has 5 heteroatoms. The second kappa shape index (κ2) is 5.05. The normalized spacial score (nSPS) is 10.4. The summed E-state index contributed by atoms with van der Waals surface area (Å²) in [4.78, 5) is 9.08. The van der Waals surface area contributed by atoms with Gasteiger partial charge < -0.3 is 5.73 Å². The average molecular weight is 235 g/mol. The summed E-state index contributed by atoms with van der Waals surface area (Å²) in [7, 11) is 0. The summed E-state index contributed by atoms with van der Waals surface area (Å²) in [6.07, 6.45) is 1.65. The number of benzene rings is 1. The molecule has 2 N–H and O–H groups in total. The summed E-state index contributed by atoms with van der Waals surface area (Å²) in [6, 6.07) is 8.08. The van der Waals surface area contributed by atoms with Gasteiger partial charge in [-0.05, 0) is 36.0 Å². The fraction of sp³-hybridized carbons (Fsp3) is 0.0909. The van der Waals surface area contributed by atoms with Crippen molar-refractivity contribution >= 4 is 11.8 Å². The van der Waals surface area contributed by atoms with Gasteiger partial charge in [-0.15, -0.1) is 0 Å². The topological polar surface area (TPSA) is 51.8 Å². The Morgan fingerprint density at radius 1 is 1.31 bits per heavy atom. The molecule has 0 unspecified atom stereocenters. The quantitative estimate of drug-likeness (QED) is 0.829. The summed E-state index contributed by atoms with van der Waals surface area (Å²) in [6.45, 7) is 0.374. The highest BCUT2D eigenvalue weighted by atomic mass is 32.2. The van der Waals surface area contributed by atoms with Gasteiger partial charge in [0.1, 0.15) is 5.82 Å². The molecule has 1 aromatic carbocycles. The standard InChI is InChI=1S/C11H10FN3S/c12-8-2-1-3-10(6-8)16-11-14-5-4-9(7-13)15-11/h1-6H,7,13H2. The Hall–Kier alpha value is -1.46. The molecule has 0 aliphatic carbocycles. The third-order valence-electron chi connectivity index (χ3n) is 1.91. The molecule has 1 aromatic heterocycles. The van der Waals surface area contributed by atoms with Crippen LogP contribution in [-0.4, -0.2) is 9.97 Å². The third-order valence-corrected chi connectivity index (χ3v) is 2.77. The molecule has 2 aromatic rings. The smallest absolute Gasteiger partial charge is 0.192 e. The van der Waals surface area contributed by atoms with Crippen molar-refractivity contribution in [3.8, 4) is 0 Å². The lowest BCUT2D eigenvalue weighted by Crippen LogP contribution is -2.00. The van der Waals surface area contributed by atoms with Gasteiger partial charge in [-0.25, -0.2) is 14.4 Å². The van der Waals surface area contributed by atoms with Gasteiger partial charge in [-0.1, -0.05) is 6.07 Å². The van der Waals surface area contributed by atoms with Crippen LogP contribution in [-0.2, 0) is 6.54 Å². The predicted octanol–water partition coefficient (Wildman–Crippen LogP) is 2.23.